The molecule has 106 valence electrons. The molecule has 0 aliphatic carbocycles. The van der Waals surface area contributed by atoms with Crippen molar-refractivity contribution < 1.29 is 4.74 Å². The van der Waals surface area contributed by atoms with Crippen LogP contribution in [0.3, 0.4) is 0 Å². The number of hydrogen-bond donors (Lipinski definition) is 1. The van der Waals surface area contributed by atoms with Crippen LogP contribution in [0.4, 0.5) is 0 Å². The summed E-state index contributed by atoms with van der Waals surface area (Å²) in [5.74, 6) is 0.899. The third-order valence-electron chi connectivity index (χ3n) is 3.72. The number of aryl methyl sites for hydroxylation is 2. The second-order valence-corrected chi connectivity index (χ2v) is 5.31. The quantitative estimate of drug-likeness (QED) is 0.880. The number of rotatable bonds is 5. The fourth-order valence-electron chi connectivity index (χ4n) is 2.26. The maximum Gasteiger partial charge on any atom is 0.118 e. The molecule has 2 aromatic carbocycles. The van der Waals surface area contributed by atoms with Crippen LogP contribution in [-0.2, 0) is 6.54 Å². The van der Waals surface area contributed by atoms with Gasteiger partial charge in [0.2, 0.25) is 0 Å². The van der Waals surface area contributed by atoms with Gasteiger partial charge in [0.25, 0.3) is 0 Å². The van der Waals surface area contributed by atoms with E-state index in [4.69, 9.17) is 4.74 Å². The maximum atomic E-state index is 5.19. The Hall–Kier alpha value is -1.80. The van der Waals surface area contributed by atoms with Gasteiger partial charge in [-0.3, -0.25) is 0 Å². The molecule has 0 radical (unpaired) electrons. The summed E-state index contributed by atoms with van der Waals surface area (Å²) in [4.78, 5) is 0. The summed E-state index contributed by atoms with van der Waals surface area (Å²) in [7, 11) is 1.69. The van der Waals surface area contributed by atoms with Gasteiger partial charge in [0.15, 0.2) is 0 Å². The van der Waals surface area contributed by atoms with Crippen LogP contribution in [0.5, 0.6) is 5.75 Å². The van der Waals surface area contributed by atoms with E-state index in [9.17, 15) is 0 Å². The first kappa shape index (κ1) is 14.6. The molecule has 2 aromatic rings. The number of methoxy groups -OCH3 is 1. The van der Waals surface area contributed by atoms with E-state index >= 15 is 0 Å². The highest BCUT2D eigenvalue weighted by atomic mass is 16.5. The van der Waals surface area contributed by atoms with Gasteiger partial charge in [-0.05, 0) is 49.6 Å². The third kappa shape index (κ3) is 3.61. The molecule has 0 aliphatic rings. The Morgan fingerprint density at radius 2 is 1.75 bits per heavy atom. The molecule has 0 amide bonds. The van der Waals surface area contributed by atoms with E-state index in [1.165, 1.54) is 22.3 Å². The molecule has 20 heavy (non-hydrogen) atoms. The van der Waals surface area contributed by atoms with E-state index in [1.54, 1.807) is 7.11 Å². The fourth-order valence-corrected chi connectivity index (χ4v) is 2.26. The van der Waals surface area contributed by atoms with E-state index < -0.39 is 0 Å². The second kappa shape index (κ2) is 6.58. The summed E-state index contributed by atoms with van der Waals surface area (Å²) < 4.78 is 5.19. The molecule has 0 saturated heterocycles. The normalized spacial score (nSPS) is 12.2. The summed E-state index contributed by atoms with van der Waals surface area (Å²) in [6, 6.07) is 15.1. The summed E-state index contributed by atoms with van der Waals surface area (Å²) in [5.41, 5.74) is 5.29. The van der Waals surface area contributed by atoms with Gasteiger partial charge in [-0.2, -0.15) is 0 Å². The van der Waals surface area contributed by atoms with Crippen LogP contribution >= 0.6 is 0 Å². The maximum absolute atomic E-state index is 5.19. The topological polar surface area (TPSA) is 21.3 Å². The third-order valence-corrected chi connectivity index (χ3v) is 3.72. The molecule has 0 unspecified atom stereocenters. The molecule has 0 aromatic heterocycles. The van der Waals surface area contributed by atoms with Crippen LogP contribution in [0.1, 0.15) is 35.2 Å². The van der Waals surface area contributed by atoms with Crippen molar-refractivity contribution >= 4 is 0 Å². The van der Waals surface area contributed by atoms with Crippen molar-refractivity contribution in [1.29, 1.82) is 0 Å². The first-order valence-electron chi connectivity index (χ1n) is 7.03. The molecule has 0 heterocycles. The second-order valence-electron chi connectivity index (χ2n) is 5.31. The molecular formula is C18H23NO. The molecule has 0 aliphatic heterocycles. The molecule has 0 saturated carbocycles. The molecule has 0 bridgehead atoms. The van der Waals surface area contributed by atoms with Crippen molar-refractivity contribution in [2.45, 2.75) is 33.4 Å². The van der Waals surface area contributed by atoms with Crippen LogP contribution in [0.2, 0.25) is 0 Å². The van der Waals surface area contributed by atoms with Gasteiger partial charge in [0.1, 0.15) is 5.75 Å². The predicted molar refractivity (Wildman–Crippen MR) is 84.2 cm³/mol. The number of benzene rings is 2. The summed E-state index contributed by atoms with van der Waals surface area (Å²) in [6.45, 7) is 7.37. The Morgan fingerprint density at radius 3 is 2.40 bits per heavy atom. The van der Waals surface area contributed by atoms with Crippen molar-refractivity contribution in [3.05, 3.63) is 64.7 Å². The van der Waals surface area contributed by atoms with Gasteiger partial charge in [-0.1, -0.05) is 35.9 Å². The van der Waals surface area contributed by atoms with Crippen molar-refractivity contribution in [3.8, 4) is 5.75 Å². The lowest BCUT2D eigenvalue weighted by Gasteiger charge is -2.16. The summed E-state index contributed by atoms with van der Waals surface area (Å²) in [5, 5.41) is 3.58. The standard InChI is InChI=1S/C18H23NO/c1-13-5-6-14(2)17(11-13)12-19-15(3)16-7-9-18(20-4)10-8-16/h5-11,15,19H,12H2,1-4H3/t15-/m0/s1. The first-order valence-corrected chi connectivity index (χ1v) is 7.03. The molecule has 2 nitrogen and oxygen atoms in total. The predicted octanol–water partition coefficient (Wildman–Crippen LogP) is 4.16. The fraction of sp³-hybridized carbons (Fsp3) is 0.333. The van der Waals surface area contributed by atoms with E-state index in [-0.39, 0.29) is 0 Å². The average molecular weight is 269 g/mol. The minimum Gasteiger partial charge on any atom is -0.497 e. The Bertz CT molecular complexity index is 560. The van der Waals surface area contributed by atoms with Gasteiger partial charge < -0.3 is 10.1 Å². The highest BCUT2D eigenvalue weighted by molar-refractivity contribution is 5.31. The van der Waals surface area contributed by atoms with E-state index in [0.29, 0.717) is 6.04 Å². The Balaban J connectivity index is 2.00. The molecule has 2 rings (SSSR count). The van der Waals surface area contributed by atoms with Crippen molar-refractivity contribution in [2.24, 2.45) is 0 Å². The molecule has 0 fully saturated rings. The van der Waals surface area contributed by atoms with Gasteiger partial charge in [0.05, 0.1) is 7.11 Å². The molecule has 2 heteroatoms. The van der Waals surface area contributed by atoms with E-state index in [0.717, 1.165) is 12.3 Å². The van der Waals surface area contributed by atoms with Crippen LogP contribution in [-0.4, -0.2) is 7.11 Å². The first-order chi connectivity index (χ1) is 9.60. The van der Waals surface area contributed by atoms with Crippen LogP contribution in [0, 0.1) is 13.8 Å². The van der Waals surface area contributed by atoms with Gasteiger partial charge in [0, 0.05) is 12.6 Å². The van der Waals surface area contributed by atoms with Gasteiger partial charge in [-0.15, -0.1) is 0 Å². The molecule has 1 atom stereocenters. The van der Waals surface area contributed by atoms with Crippen molar-refractivity contribution in [1.82, 2.24) is 5.32 Å². The molecule has 1 N–H and O–H groups in total. The van der Waals surface area contributed by atoms with Crippen molar-refractivity contribution in [3.63, 3.8) is 0 Å². The summed E-state index contributed by atoms with van der Waals surface area (Å²) in [6.07, 6.45) is 0. The van der Waals surface area contributed by atoms with Gasteiger partial charge >= 0.3 is 0 Å². The Morgan fingerprint density at radius 1 is 1.05 bits per heavy atom. The van der Waals surface area contributed by atoms with Gasteiger partial charge in [-0.25, -0.2) is 0 Å². The lowest BCUT2D eigenvalue weighted by molar-refractivity contribution is 0.414. The zero-order chi connectivity index (χ0) is 14.5. The SMILES string of the molecule is COc1ccc([C@H](C)NCc2cc(C)ccc2C)cc1. The minimum absolute atomic E-state index is 0.320. The minimum atomic E-state index is 0.320. The Labute approximate surface area is 121 Å². The molecular weight excluding hydrogens is 246 g/mol. The number of ether oxygens (including phenoxy) is 1. The molecule has 0 spiro atoms. The lowest BCUT2D eigenvalue weighted by atomic mass is 10.0. The van der Waals surface area contributed by atoms with E-state index in [1.807, 2.05) is 12.1 Å². The highest BCUT2D eigenvalue weighted by Crippen LogP contribution is 2.18. The lowest BCUT2D eigenvalue weighted by Crippen LogP contribution is -2.18. The zero-order valence-corrected chi connectivity index (χ0v) is 12.7. The Kier molecular flexibility index (Phi) is 4.80. The van der Waals surface area contributed by atoms with Crippen LogP contribution in [0.15, 0.2) is 42.5 Å². The van der Waals surface area contributed by atoms with Crippen LogP contribution in [0.25, 0.3) is 0 Å². The summed E-state index contributed by atoms with van der Waals surface area (Å²) >= 11 is 0. The van der Waals surface area contributed by atoms with E-state index in [2.05, 4.69) is 56.4 Å². The highest BCUT2D eigenvalue weighted by Gasteiger charge is 2.06. The monoisotopic (exact) mass is 269 g/mol. The number of nitrogens with one attached hydrogen (secondary N) is 1. The van der Waals surface area contributed by atoms with Crippen LogP contribution < -0.4 is 10.1 Å². The zero-order valence-electron chi connectivity index (χ0n) is 12.7. The smallest absolute Gasteiger partial charge is 0.118 e. The van der Waals surface area contributed by atoms with Crippen molar-refractivity contribution in [2.75, 3.05) is 7.11 Å². The average Bonchev–Trinajstić information content (AvgIpc) is 2.48. The largest absolute Gasteiger partial charge is 0.497 e. The number of hydrogen-bond acceptors (Lipinski definition) is 2.